The largest absolute Gasteiger partial charge is 0.570 e. The second-order valence-electron chi connectivity index (χ2n) is 3.13. The molecular formula is C7H15NO8P+. The lowest BCUT2D eigenvalue weighted by molar-refractivity contribution is -0.147. The lowest BCUT2D eigenvalue weighted by Gasteiger charge is -2.08. The molecule has 0 unspecified atom stereocenters. The van der Waals surface area contributed by atoms with Crippen molar-refractivity contribution in [2.24, 2.45) is 5.92 Å². The zero-order valence-corrected chi connectivity index (χ0v) is 10.2. The summed E-state index contributed by atoms with van der Waals surface area (Å²) in [5, 5.41) is 2.04. The van der Waals surface area contributed by atoms with E-state index in [0.29, 0.717) is 0 Å². The average Bonchev–Trinajstić information content (AvgIpc) is 2.15. The summed E-state index contributed by atoms with van der Waals surface area (Å²) >= 11 is 0. The summed E-state index contributed by atoms with van der Waals surface area (Å²) < 4.78 is 12.8. The standard InChI is InChI=1S/C7H14NO8P/c1-5(2)6(9)14-3-8-7(10)15-4-16-17(11,12)13/h5,11-13H,3-4H2,1-2H3/p+1. The highest BCUT2D eigenvalue weighted by Gasteiger charge is 2.33. The maximum atomic E-state index is 10.9. The van der Waals surface area contributed by atoms with Gasteiger partial charge in [0.15, 0.2) is 6.73 Å². The van der Waals surface area contributed by atoms with Crippen molar-refractivity contribution in [1.29, 1.82) is 0 Å². The van der Waals surface area contributed by atoms with E-state index in [1.807, 2.05) is 5.32 Å². The Morgan fingerprint density at radius 3 is 2.29 bits per heavy atom. The second kappa shape index (κ2) is 7.36. The molecule has 10 heteroatoms. The van der Waals surface area contributed by atoms with Crippen molar-refractivity contribution in [3.63, 3.8) is 0 Å². The number of alkyl carbamates (subject to hydrolysis) is 1. The normalized spacial score (nSPS) is 11.2. The quantitative estimate of drug-likeness (QED) is 0.289. The molecule has 0 saturated heterocycles. The molecule has 100 valence electrons. The lowest BCUT2D eigenvalue weighted by atomic mass is 10.2. The first kappa shape index (κ1) is 16.0. The van der Waals surface area contributed by atoms with Crippen LogP contribution in [0.3, 0.4) is 0 Å². The molecule has 0 aliphatic rings. The molecule has 9 nitrogen and oxygen atoms in total. The molecule has 0 radical (unpaired) electrons. The van der Waals surface area contributed by atoms with Crippen molar-refractivity contribution < 1.29 is 38.3 Å². The molecule has 0 aromatic carbocycles. The van der Waals surface area contributed by atoms with Gasteiger partial charge in [0.25, 0.3) is 0 Å². The Bertz CT molecular complexity index is 263. The summed E-state index contributed by atoms with van der Waals surface area (Å²) in [5.74, 6) is -0.813. The molecule has 0 aliphatic carbocycles. The number of hydrogen-bond donors (Lipinski definition) is 4. The van der Waals surface area contributed by atoms with E-state index < -0.39 is 27.0 Å². The van der Waals surface area contributed by atoms with Crippen molar-refractivity contribution in [2.45, 2.75) is 13.8 Å². The minimum absolute atomic E-state index is 0.320. The smallest absolute Gasteiger partial charge is 0.444 e. The van der Waals surface area contributed by atoms with Crippen molar-refractivity contribution >= 4 is 20.2 Å². The third-order valence-corrected chi connectivity index (χ3v) is 1.77. The number of nitrogens with one attached hydrogen (secondary N) is 1. The van der Waals surface area contributed by atoms with Gasteiger partial charge in [0.05, 0.1) is 5.92 Å². The predicted octanol–water partition coefficient (Wildman–Crippen LogP) is -0.502. The fourth-order valence-electron chi connectivity index (χ4n) is 0.534. The van der Waals surface area contributed by atoms with Crippen LogP contribution < -0.4 is 5.32 Å². The van der Waals surface area contributed by atoms with Crippen LogP contribution in [-0.2, 0) is 18.8 Å². The Hall–Kier alpha value is -0.990. The van der Waals surface area contributed by atoms with Crippen LogP contribution in [0.2, 0.25) is 0 Å². The first-order chi connectivity index (χ1) is 7.72. The summed E-state index contributed by atoms with van der Waals surface area (Å²) in [5.41, 5.74) is 0. The van der Waals surface area contributed by atoms with E-state index in [2.05, 4.69) is 14.0 Å². The SMILES string of the molecule is CC(C)C(=O)OCNC(=O)OCO[P+](O)(O)O. The van der Waals surface area contributed by atoms with Gasteiger partial charge in [-0.2, -0.15) is 14.7 Å². The molecule has 1 amide bonds. The van der Waals surface area contributed by atoms with Crippen LogP contribution in [0.4, 0.5) is 4.79 Å². The molecule has 4 N–H and O–H groups in total. The van der Waals surface area contributed by atoms with Gasteiger partial charge in [0.1, 0.15) is 0 Å². The van der Waals surface area contributed by atoms with Crippen molar-refractivity contribution in [1.82, 2.24) is 5.32 Å². The molecule has 0 rings (SSSR count). The van der Waals surface area contributed by atoms with E-state index in [0.717, 1.165) is 0 Å². The van der Waals surface area contributed by atoms with Gasteiger partial charge < -0.3 is 9.47 Å². The third kappa shape index (κ3) is 9.91. The zero-order valence-electron chi connectivity index (χ0n) is 9.32. The summed E-state index contributed by atoms with van der Waals surface area (Å²) in [4.78, 5) is 46.9. The van der Waals surface area contributed by atoms with Crippen LogP contribution >= 0.6 is 8.17 Å². The molecule has 0 aromatic heterocycles. The van der Waals surface area contributed by atoms with Crippen molar-refractivity contribution in [2.75, 3.05) is 13.5 Å². The monoisotopic (exact) mass is 272 g/mol. The number of rotatable bonds is 6. The van der Waals surface area contributed by atoms with Gasteiger partial charge in [0, 0.05) is 0 Å². The average molecular weight is 272 g/mol. The van der Waals surface area contributed by atoms with E-state index in [9.17, 15) is 9.59 Å². The molecule has 0 saturated carbocycles. The number of amides is 1. The molecule has 0 aromatic rings. The van der Waals surface area contributed by atoms with E-state index >= 15 is 0 Å². The van der Waals surface area contributed by atoms with Gasteiger partial charge in [0.2, 0.25) is 6.79 Å². The molecule has 17 heavy (non-hydrogen) atoms. The van der Waals surface area contributed by atoms with Gasteiger partial charge in [-0.15, -0.1) is 4.52 Å². The van der Waals surface area contributed by atoms with Gasteiger partial charge in [-0.3, -0.25) is 10.1 Å². The maximum Gasteiger partial charge on any atom is 0.570 e. The highest BCUT2D eigenvalue weighted by Crippen LogP contribution is 2.45. The van der Waals surface area contributed by atoms with Crippen LogP contribution in [0.25, 0.3) is 0 Å². The second-order valence-corrected chi connectivity index (χ2v) is 4.42. The Morgan fingerprint density at radius 2 is 1.82 bits per heavy atom. The van der Waals surface area contributed by atoms with Gasteiger partial charge in [-0.25, -0.2) is 4.79 Å². The Morgan fingerprint density at radius 1 is 1.24 bits per heavy atom. The Balaban J connectivity index is 3.58. The molecular weight excluding hydrogens is 257 g/mol. The van der Waals surface area contributed by atoms with Gasteiger partial charge >= 0.3 is 20.2 Å². The maximum absolute atomic E-state index is 10.9. The first-order valence-corrected chi connectivity index (χ1v) is 6.08. The Labute approximate surface area is 98.0 Å². The van der Waals surface area contributed by atoms with Crippen LogP contribution in [0.15, 0.2) is 0 Å². The molecule has 0 atom stereocenters. The van der Waals surface area contributed by atoms with Crippen molar-refractivity contribution in [3.05, 3.63) is 0 Å². The summed E-state index contributed by atoms with van der Waals surface area (Å²) in [7, 11) is -4.42. The highest BCUT2D eigenvalue weighted by atomic mass is 31.2. The third-order valence-electron chi connectivity index (χ3n) is 1.32. The molecule has 0 spiro atoms. The van der Waals surface area contributed by atoms with E-state index in [4.69, 9.17) is 14.7 Å². The summed E-state index contributed by atoms with van der Waals surface area (Å²) in [6.45, 7) is 2.03. The molecule has 0 aliphatic heterocycles. The molecule has 0 fully saturated rings. The number of esters is 1. The molecule has 0 bridgehead atoms. The first-order valence-electron chi connectivity index (χ1n) is 4.51. The summed E-state index contributed by atoms with van der Waals surface area (Å²) in [6.07, 6.45) is -1.00. The van der Waals surface area contributed by atoms with E-state index in [1.165, 1.54) is 0 Å². The van der Waals surface area contributed by atoms with E-state index in [-0.39, 0.29) is 12.6 Å². The fraction of sp³-hybridized carbons (Fsp3) is 0.714. The summed E-state index contributed by atoms with van der Waals surface area (Å²) in [6, 6.07) is 0. The van der Waals surface area contributed by atoms with Crippen LogP contribution in [0.1, 0.15) is 13.8 Å². The number of carbonyl (C=O) groups excluding carboxylic acids is 2. The predicted molar refractivity (Wildman–Crippen MR) is 54.9 cm³/mol. The fourth-order valence-corrected chi connectivity index (χ4v) is 0.729. The number of carbonyl (C=O) groups is 2. The highest BCUT2D eigenvalue weighted by molar-refractivity contribution is 7.53. The van der Waals surface area contributed by atoms with Crippen LogP contribution in [-0.4, -0.2) is 40.3 Å². The van der Waals surface area contributed by atoms with Crippen LogP contribution in [0.5, 0.6) is 0 Å². The molecule has 0 heterocycles. The van der Waals surface area contributed by atoms with E-state index in [1.54, 1.807) is 13.8 Å². The minimum atomic E-state index is -4.42. The zero-order chi connectivity index (χ0) is 13.5. The van der Waals surface area contributed by atoms with Gasteiger partial charge in [-0.05, 0) is 0 Å². The van der Waals surface area contributed by atoms with Crippen LogP contribution in [0, 0.1) is 5.92 Å². The topological polar surface area (TPSA) is 135 Å². The minimum Gasteiger partial charge on any atom is -0.444 e. The van der Waals surface area contributed by atoms with Gasteiger partial charge in [-0.1, -0.05) is 13.8 Å². The lowest BCUT2D eigenvalue weighted by Crippen LogP contribution is -2.29. The number of hydrogen-bond acceptors (Lipinski definition) is 8. The van der Waals surface area contributed by atoms with Crippen molar-refractivity contribution in [3.8, 4) is 0 Å². The number of ether oxygens (including phenoxy) is 2. The Kier molecular flexibility index (Phi) is 6.93.